The fourth-order valence-corrected chi connectivity index (χ4v) is 1.68. The molecule has 0 saturated heterocycles. The Labute approximate surface area is 95.3 Å². The number of nitrogens with one attached hydrogen (secondary N) is 1. The molecule has 0 aliphatic carbocycles. The van der Waals surface area contributed by atoms with E-state index in [1.54, 1.807) is 6.26 Å². The number of hydrogen-bond donors (Lipinski definition) is 1. The first-order chi connectivity index (χ1) is 7.81. The second-order valence-corrected chi connectivity index (χ2v) is 3.75. The standard InChI is InChI=1S/C12H17N3O/c1-3-15-7-6-13-12(15)9-14-10(2)11-5-4-8-16-11/h4-8,10,14H,3,9H2,1-2H3/t10-/m1/s1. The van der Waals surface area contributed by atoms with Gasteiger partial charge in [0.25, 0.3) is 0 Å². The number of imidazole rings is 1. The molecule has 0 aliphatic heterocycles. The molecule has 4 heteroatoms. The third kappa shape index (κ3) is 2.33. The van der Waals surface area contributed by atoms with Gasteiger partial charge in [0.15, 0.2) is 0 Å². The Kier molecular flexibility index (Phi) is 3.41. The van der Waals surface area contributed by atoms with Crippen molar-refractivity contribution in [3.05, 3.63) is 42.4 Å². The van der Waals surface area contributed by atoms with Crippen LogP contribution in [0.4, 0.5) is 0 Å². The molecule has 0 radical (unpaired) electrons. The largest absolute Gasteiger partial charge is 0.468 e. The first-order valence-corrected chi connectivity index (χ1v) is 5.58. The molecule has 16 heavy (non-hydrogen) atoms. The van der Waals surface area contributed by atoms with Crippen molar-refractivity contribution >= 4 is 0 Å². The third-order valence-electron chi connectivity index (χ3n) is 2.68. The summed E-state index contributed by atoms with van der Waals surface area (Å²) in [6.45, 7) is 5.90. The van der Waals surface area contributed by atoms with E-state index < -0.39 is 0 Å². The van der Waals surface area contributed by atoms with Gasteiger partial charge >= 0.3 is 0 Å². The van der Waals surface area contributed by atoms with Crippen LogP contribution in [0.1, 0.15) is 31.5 Å². The van der Waals surface area contributed by atoms with Gasteiger partial charge in [-0.3, -0.25) is 0 Å². The molecular weight excluding hydrogens is 202 g/mol. The van der Waals surface area contributed by atoms with Gasteiger partial charge in [0.05, 0.1) is 18.8 Å². The first kappa shape index (κ1) is 11.0. The highest BCUT2D eigenvalue weighted by atomic mass is 16.3. The zero-order valence-electron chi connectivity index (χ0n) is 9.68. The van der Waals surface area contributed by atoms with E-state index in [1.807, 2.05) is 24.5 Å². The van der Waals surface area contributed by atoms with Crippen molar-refractivity contribution in [2.45, 2.75) is 33.0 Å². The second kappa shape index (κ2) is 4.99. The predicted octanol–water partition coefficient (Wildman–Crippen LogP) is 2.35. The van der Waals surface area contributed by atoms with E-state index in [9.17, 15) is 0 Å². The van der Waals surface area contributed by atoms with Crippen LogP contribution in [-0.4, -0.2) is 9.55 Å². The average Bonchev–Trinajstić information content (AvgIpc) is 2.96. The van der Waals surface area contributed by atoms with Crippen LogP contribution in [0.15, 0.2) is 35.2 Å². The molecule has 0 fully saturated rings. The lowest BCUT2D eigenvalue weighted by molar-refractivity contribution is 0.424. The summed E-state index contributed by atoms with van der Waals surface area (Å²) >= 11 is 0. The molecule has 1 N–H and O–H groups in total. The second-order valence-electron chi connectivity index (χ2n) is 3.75. The fourth-order valence-electron chi connectivity index (χ4n) is 1.68. The molecule has 0 spiro atoms. The molecule has 0 saturated carbocycles. The average molecular weight is 219 g/mol. The van der Waals surface area contributed by atoms with E-state index in [0.717, 1.165) is 24.7 Å². The van der Waals surface area contributed by atoms with Crippen LogP contribution >= 0.6 is 0 Å². The summed E-state index contributed by atoms with van der Waals surface area (Å²) in [6.07, 6.45) is 5.52. The van der Waals surface area contributed by atoms with Crippen LogP contribution in [0.2, 0.25) is 0 Å². The third-order valence-corrected chi connectivity index (χ3v) is 2.68. The summed E-state index contributed by atoms with van der Waals surface area (Å²) in [7, 11) is 0. The van der Waals surface area contributed by atoms with E-state index >= 15 is 0 Å². The van der Waals surface area contributed by atoms with Crippen LogP contribution in [0.5, 0.6) is 0 Å². The monoisotopic (exact) mass is 219 g/mol. The van der Waals surface area contributed by atoms with Crippen molar-refractivity contribution in [3.63, 3.8) is 0 Å². The molecule has 4 nitrogen and oxygen atoms in total. The van der Waals surface area contributed by atoms with E-state index in [4.69, 9.17) is 4.42 Å². The van der Waals surface area contributed by atoms with Gasteiger partial charge < -0.3 is 14.3 Å². The van der Waals surface area contributed by atoms with Gasteiger partial charge in [0.2, 0.25) is 0 Å². The normalized spacial score (nSPS) is 12.9. The Balaban J connectivity index is 1.92. The summed E-state index contributed by atoms with van der Waals surface area (Å²) < 4.78 is 7.46. The lowest BCUT2D eigenvalue weighted by Crippen LogP contribution is -2.20. The maximum atomic E-state index is 5.33. The molecule has 0 aromatic carbocycles. The van der Waals surface area contributed by atoms with Crippen molar-refractivity contribution in [3.8, 4) is 0 Å². The van der Waals surface area contributed by atoms with Crippen molar-refractivity contribution < 1.29 is 4.42 Å². The minimum atomic E-state index is 0.206. The minimum absolute atomic E-state index is 0.206. The number of rotatable bonds is 5. The molecule has 0 unspecified atom stereocenters. The Morgan fingerprint density at radius 3 is 3.12 bits per heavy atom. The lowest BCUT2D eigenvalue weighted by atomic mass is 10.2. The molecule has 2 aromatic rings. The topological polar surface area (TPSA) is 43.0 Å². The molecule has 86 valence electrons. The van der Waals surface area contributed by atoms with Crippen molar-refractivity contribution in [2.24, 2.45) is 0 Å². The van der Waals surface area contributed by atoms with Crippen LogP contribution in [0, 0.1) is 0 Å². The van der Waals surface area contributed by atoms with Crippen LogP contribution in [-0.2, 0) is 13.1 Å². The van der Waals surface area contributed by atoms with Crippen LogP contribution < -0.4 is 5.32 Å². The minimum Gasteiger partial charge on any atom is -0.468 e. The summed E-state index contributed by atoms with van der Waals surface area (Å²) in [4.78, 5) is 4.31. The molecule has 2 rings (SSSR count). The van der Waals surface area contributed by atoms with E-state index in [2.05, 4.69) is 28.7 Å². The Bertz CT molecular complexity index is 419. The van der Waals surface area contributed by atoms with Crippen molar-refractivity contribution in [1.29, 1.82) is 0 Å². The molecular formula is C12H17N3O. The molecule has 0 amide bonds. The lowest BCUT2D eigenvalue weighted by Gasteiger charge is -2.11. The van der Waals surface area contributed by atoms with Gasteiger partial charge in [-0.1, -0.05) is 0 Å². The number of aryl methyl sites for hydroxylation is 1. The highest BCUT2D eigenvalue weighted by Gasteiger charge is 2.08. The molecule has 0 aliphatic rings. The van der Waals surface area contributed by atoms with Gasteiger partial charge in [-0.25, -0.2) is 4.98 Å². The number of nitrogens with zero attached hydrogens (tertiary/aromatic N) is 2. The van der Waals surface area contributed by atoms with Crippen LogP contribution in [0.3, 0.4) is 0 Å². The number of aromatic nitrogens is 2. The van der Waals surface area contributed by atoms with E-state index in [-0.39, 0.29) is 6.04 Å². The quantitative estimate of drug-likeness (QED) is 0.839. The van der Waals surface area contributed by atoms with Gasteiger partial charge in [-0.05, 0) is 26.0 Å². The molecule has 0 bridgehead atoms. The fraction of sp³-hybridized carbons (Fsp3) is 0.417. The number of hydrogen-bond acceptors (Lipinski definition) is 3. The summed E-state index contributed by atoms with van der Waals surface area (Å²) in [5, 5.41) is 3.39. The summed E-state index contributed by atoms with van der Waals surface area (Å²) in [6, 6.07) is 4.08. The first-order valence-electron chi connectivity index (χ1n) is 5.58. The number of furan rings is 1. The Morgan fingerprint density at radius 1 is 1.56 bits per heavy atom. The van der Waals surface area contributed by atoms with Crippen molar-refractivity contribution in [2.75, 3.05) is 0 Å². The zero-order chi connectivity index (χ0) is 11.4. The predicted molar refractivity (Wildman–Crippen MR) is 61.9 cm³/mol. The molecule has 1 atom stereocenters. The van der Waals surface area contributed by atoms with Gasteiger partial charge in [-0.2, -0.15) is 0 Å². The summed E-state index contributed by atoms with van der Waals surface area (Å²) in [5.74, 6) is 2.01. The van der Waals surface area contributed by atoms with Gasteiger partial charge in [-0.15, -0.1) is 0 Å². The molecule has 2 aromatic heterocycles. The van der Waals surface area contributed by atoms with Crippen molar-refractivity contribution in [1.82, 2.24) is 14.9 Å². The van der Waals surface area contributed by atoms with E-state index in [0.29, 0.717) is 0 Å². The van der Waals surface area contributed by atoms with Gasteiger partial charge in [0.1, 0.15) is 11.6 Å². The maximum absolute atomic E-state index is 5.33. The smallest absolute Gasteiger partial charge is 0.122 e. The van der Waals surface area contributed by atoms with Gasteiger partial charge in [0, 0.05) is 18.9 Å². The summed E-state index contributed by atoms with van der Waals surface area (Å²) in [5.41, 5.74) is 0. The highest BCUT2D eigenvalue weighted by Crippen LogP contribution is 2.12. The SMILES string of the molecule is CCn1ccnc1CN[C@H](C)c1ccco1. The zero-order valence-corrected chi connectivity index (χ0v) is 9.68. The van der Waals surface area contributed by atoms with E-state index in [1.165, 1.54) is 0 Å². The Hall–Kier alpha value is -1.55. The highest BCUT2D eigenvalue weighted by molar-refractivity contribution is 5.03. The van der Waals surface area contributed by atoms with Crippen LogP contribution in [0.25, 0.3) is 0 Å². The Morgan fingerprint density at radius 2 is 2.44 bits per heavy atom. The maximum Gasteiger partial charge on any atom is 0.122 e. The molecule has 2 heterocycles.